The van der Waals surface area contributed by atoms with Gasteiger partial charge in [-0.1, -0.05) is 369 Å². The zero-order chi connectivity index (χ0) is 93.4. The number of nitrogens with zero attached hydrogens (tertiary/aromatic N) is 16. The molecule has 0 radical (unpaired) electrons. The Bertz CT molecular complexity index is 4540. The largest absolute Gasteiger partial charge is 1.00 e. The van der Waals surface area contributed by atoms with Crippen LogP contribution in [0.4, 0.5) is 22.7 Å². The van der Waals surface area contributed by atoms with Gasteiger partial charge in [-0.25, -0.2) is 0 Å². The zero-order valence-corrected chi connectivity index (χ0v) is 85.4. The van der Waals surface area contributed by atoms with E-state index < -0.39 is 0 Å². The van der Waals surface area contributed by atoms with Crippen LogP contribution in [0.15, 0.2) is 408 Å². The summed E-state index contributed by atoms with van der Waals surface area (Å²) in [4.78, 5) is 42.8. The first-order chi connectivity index (χ1) is 61.5. The fourth-order valence-corrected chi connectivity index (χ4v) is 13.0. The Hall–Kier alpha value is -11.5. The normalized spacial score (nSPS) is 13.0. The van der Waals surface area contributed by atoms with Crippen molar-refractivity contribution in [3.8, 4) is 0 Å². The quantitative estimate of drug-likeness (QED) is 0.0344. The van der Waals surface area contributed by atoms with E-state index in [1.807, 2.05) is 228 Å². The second-order valence-electron chi connectivity index (χ2n) is 31.8. The first-order valence-corrected chi connectivity index (χ1v) is 43.9. The molecule has 0 aliphatic heterocycles. The van der Waals surface area contributed by atoms with E-state index in [4.69, 9.17) is 41.2 Å². The van der Waals surface area contributed by atoms with Gasteiger partial charge in [0, 0.05) is 152 Å². The molecule has 0 amide bonds. The number of benzene rings is 8. The molecular weight excluding hydrogens is 1820 g/mol. The predicted molar refractivity (Wildman–Crippen MR) is 554 cm³/mol. The minimum atomic E-state index is 0. The minimum absolute atomic E-state index is 0. The Morgan fingerprint density at radius 1 is 0.212 bits per heavy atom. The molecular formula is C112H140Cu4N16. The summed E-state index contributed by atoms with van der Waals surface area (Å²) in [6.45, 7) is 33.2. The van der Waals surface area contributed by atoms with Gasteiger partial charge in [0.05, 0.1) is 24.2 Å². The number of pyridine rings is 4. The first kappa shape index (κ1) is 118. The summed E-state index contributed by atoms with van der Waals surface area (Å²) in [5.74, 6) is 0. The Kier molecular flexibility index (Phi) is 61.5. The molecule has 0 fully saturated rings. The number of hydrogen-bond acceptors (Lipinski definition) is 12. The summed E-state index contributed by atoms with van der Waals surface area (Å²) in [6, 6.07) is 99.9. The van der Waals surface area contributed by atoms with Crippen molar-refractivity contribution >= 4 is 45.6 Å². The van der Waals surface area contributed by atoms with Gasteiger partial charge in [0.2, 0.25) is 0 Å². The fourth-order valence-electron chi connectivity index (χ4n) is 13.0. The maximum absolute atomic E-state index is 4.75. The zero-order valence-electron chi connectivity index (χ0n) is 81.6. The Labute approximate surface area is 835 Å². The van der Waals surface area contributed by atoms with Crippen molar-refractivity contribution in [2.75, 3.05) is 76.0 Å². The maximum Gasteiger partial charge on any atom is 1.00 e. The van der Waals surface area contributed by atoms with E-state index in [2.05, 4.69) is 294 Å². The summed E-state index contributed by atoms with van der Waals surface area (Å²) >= 11 is 0. The van der Waals surface area contributed by atoms with Crippen LogP contribution in [0.5, 0.6) is 0 Å². The van der Waals surface area contributed by atoms with E-state index in [-0.39, 0.29) is 117 Å². The molecule has 4 aromatic heterocycles. The summed E-state index contributed by atoms with van der Waals surface area (Å²) in [6.07, 6.45) is 22.5. The van der Waals surface area contributed by atoms with Crippen molar-refractivity contribution in [1.82, 2.24) is 19.9 Å². The topological polar surface area (TPSA) is 170 Å². The van der Waals surface area contributed by atoms with Crippen LogP contribution in [0.2, 0.25) is 0 Å². The smallest absolute Gasteiger partial charge is 0.682 e. The number of hydrogen-bond donors (Lipinski definition) is 0. The van der Waals surface area contributed by atoms with E-state index in [9.17, 15) is 0 Å². The summed E-state index contributed by atoms with van der Waals surface area (Å²) in [5, 5.41) is 19.0. The van der Waals surface area contributed by atoms with Crippen LogP contribution in [0.25, 0.3) is 21.3 Å². The van der Waals surface area contributed by atoms with Crippen molar-refractivity contribution in [2.24, 2.45) is 20.0 Å². The molecule has 0 N–H and O–H groups in total. The van der Waals surface area contributed by atoms with E-state index >= 15 is 0 Å². The predicted octanol–water partition coefficient (Wildman–Crippen LogP) is 29.6. The molecule has 16 nitrogen and oxygen atoms in total. The molecule has 0 bridgehead atoms. The molecule has 0 spiro atoms. The van der Waals surface area contributed by atoms with Crippen molar-refractivity contribution in [3.05, 3.63) is 454 Å². The van der Waals surface area contributed by atoms with Crippen LogP contribution >= 0.6 is 0 Å². The number of allylic oxidation sites excluding steroid dienone is 8. The van der Waals surface area contributed by atoms with Gasteiger partial charge in [-0.15, -0.1) is 0 Å². The Morgan fingerprint density at radius 3 is 0.462 bits per heavy atom. The van der Waals surface area contributed by atoms with Gasteiger partial charge in [-0.2, -0.15) is 22.8 Å². The average Bonchev–Trinajstić information content (AvgIpc) is 0.894. The van der Waals surface area contributed by atoms with E-state index in [1.54, 1.807) is 49.6 Å². The number of anilines is 4. The Morgan fingerprint density at radius 2 is 0.341 bits per heavy atom. The maximum atomic E-state index is 4.75. The Balaban J connectivity index is 0.000000774. The molecule has 0 unspecified atom stereocenters. The molecule has 12 aromatic rings. The standard InChI is InChI=1S/4C21H25N2.4C7H10N2.4Cu/c4*1-16(22-18(3)20-11-7-5-8-12-20)15-17(2)23-19(4)21-13-9-6-10-14-21;4*1-9(2)7-3-5-8-6-4-7;;;;/h4*5-15,18-19H,1-4H3;4*3-6H,1-2H3;;;;/q4*-1;;;;;4*+1/b4*16-15-,23-17?;;;;;;;;/t4*18-,19-;;;;;;;;/m0000......../s1. The van der Waals surface area contributed by atoms with Crippen LogP contribution in [-0.4, -0.2) is 99.2 Å². The van der Waals surface area contributed by atoms with Crippen molar-refractivity contribution in [2.45, 2.75) is 159 Å². The van der Waals surface area contributed by atoms with E-state index in [0.717, 1.165) is 45.6 Å². The third-order valence-corrected chi connectivity index (χ3v) is 19.8. The third-order valence-electron chi connectivity index (χ3n) is 19.8. The molecule has 8 aromatic carbocycles. The molecule has 4 heterocycles. The van der Waals surface area contributed by atoms with Crippen LogP contribution in [0.1, 0.15) is 204 Å². The molecule has 0 saturated heterocycles. The van der Waals surface area contributed by atoms with Crippen molar-refractivity contribution in [1.29, 1.82) is 0 Å². The number of aromatic nitrogens is 4. The minimum Gasteiger partial charge on any atom is -0.682 e. The van der Waals surface area contributed by atoms with Crippen LogP contribution < -0.4 is 19.6 Å². The van der Waals surface area contributed by atoms with E-state index in [1.165, 1.54) is 67.3 Å². The molecule has 20 heteroatoms. The fraction of sp³-hybridized carbons (Fsp3) is 0.286. The molecule has 0 aliphatic carbocycles. The van der Waals surface area contributed by atoms with Crippen LogP contribution in [0.3, 0.4) is 0 Å². The third kappa shape index (κ3) is 50.2. The van der Waals surface area contributed by atoms with Gasteiger partial charge in [-0.3, -0.25) is 39.9 Å². The SMILES string of the molecule is CC(/C=C(/C)[N-][C@@H](C)c1ccccc1)=N[C@@H](C)c1ccccc1.CC(/C=C(/C)[N-][C@@H](C)c1ccccc1)=N[C@@H](C)c1ccccc1.CC(/C=C(/C)[N-][C@@H](C)c1ccccc1)=N[C@@H](C)c1ccccc1.CC(/C=C(/C)[N-][C@@H](C)c1ccccc1)=N[C@@H](C)c1ccccc1.CN(C)c1ccncc1.CN(C)c1ccncc1.CN(C)c1ccncc1.CN(C)c1ccncc1.[Cu+].[Cu+].[Cu+].[Cu+]. The van der Waals surface area contributed by atoms with Crippen LogP contribution in [-0.2, 0) is 68.3 Å². The molecule has 132 heavy (non-hydrogen) atoms. The van der Waals surface area contributed by atoms with Crippen molar-refractivity contribution < 1.29 is 68.3 Å². The van der Waals surface area contributed by atoms with Crippen molar-refractivity contribution in [3.63, 3.8) is 0 Å². The summed E-state index contributed by atoms with van der Waals surface area (Å²) < 4.78 is 0. The van der Waals surface area contributed by atoms with E-state index in [0.29, 0.717) is 0 Å². The molecule has 12 rings (SSSR count). The number of aliphatic imine (C=N–C) groups is 4. The molecule has 0 aliphatic rings. The van der Waals surface area contributed by atoms with Gasteiger partial charge < -0.3 is 40.9 Å². The molecule has 0 saturated carbocycles. The molecule has 8 atom stereocenters. The number of rotatable bonds is 28. The second-order valence-corrected chi connectivity index (χ2v) is 31.8. The van der Waals surface area contributed by atoms with Gasteiger partial charge in [0.1, 0.15) is 0 Å². The van der Waals surface area contributed by atoms with Gasteiger partial charge in [-0.05, 0) is 126 Å². The average molecular weight is 1960 g/mol. The van der Waals surface area contributed by atoms with Gasteiger partial charge in [0.25, 0.3) is 0 Å². The van der Waals surface area contributed by atoms with Gasteiger partial charge in [0.15, 0.2) is 0 Å². The first-order valence-electron chi connectivity index (χ1n) is 43.9. The summed E-state index contributed by atoms with van der Waals surface area (Å²) in [7, 11) is 16.1. The monoisotopic (exact) mass is 1960 g/mol. The summed E-state index contributed by atoms with van der Waals surface area (Å²) in [5.41, 5.74) is 22.6. The van der Waals surface area contributed by atoms with Gasteiger partial charge >= 0.3 is 68.3 Å². The van der Waals surface area contributed by atoms with Crippen LogP contribution in [0, 0.1) is 0 Å². The second kappa shape index (κ2) is 68.5. The molecule has 712 valence electrons.